The average molecular weight is 579 g/mol. The van der Waals surface area contributed by atoms with E-state index in [1.807, 2.05) is 36.7 Å². The maximum Gasteiger partial charge on any atom is 0.398 e. The van der Waals surface area contributed by atoms with Gasteiger partial charge in [0.2, 0.25) is 0 Å². The third kappa shape index (κ3) is 7.52. The van der Waals surface area contributed by atoms with E-state index in [0.29, 0.717) is 37.4 Å². The molecule has 1 heterocycles. The summed E-state index contributed by atoms with van der Waals surface area (Å²) in [5.74, 6) is 1.74. The van der Waals surface area contributed by atoms with Gasteiger partial charge in [-0.15, -0.1) is 0 Å². The summed E-state index contributed by atoms with van der Waals surface area (Å²) in [6.45, 7) is 6.76. The maximum atomic E-state index is 6.87. The van der Waals surface area contributed by atoms with Crippen LogP contribution < -0.4 is 8.85 Å². The molecule has 2 saturated carbocycles. The summed E-state index contributed by atoms with van der Waals surface area (Å²) in [5, 5.41) is 0. The van der Waals surface area contributed by atoms with Crippen molar-refractivity contribution in [2.75, 3.05) is 26.3 Å². The van der Waals surface area contributed by atoms with Gasteiger partial charge in [-0.25, -0.2) is 0 Å². The predicted octanol–water partition coefficient (Wildman–Crippen LogP) is 7.84. The van der Waals surface area contributed by atoms with E-state index >= 15 is 0 Å². The van der Waals surface area contributed by atoms with Gasteiger partial charge in [0.25, 0.3) is 0 Å². The molecule has 0 bridgehead atoms. The number of rotatable bonds is 2. The largest absolute Gasteiger partial charge is 0.519 e. The molecule has 1 aliphatic heterocycles. The van der Waals surface area contributed by atoms with E-state index in [4.69, 9.17) is 27.7 Å². The molecule has 40 heavy (non-hydrogen) atoms. The fourth-order valence-corrected chi connectivity index (χ4v) is 12.5. The van der Waals surface area contributed by atoms with Crippen LogP contribution in [-0.2, 0) is 8.85 Å². The molecule has 5 rings (SSSR count). The molecule has 2 unspecified atom stereocenters. The second-order valence-corrected chi connectivity index (χ2v) is 18.4. The van der Waals surface area contributed by atoms with Crippen LogP contribution in [0.1, 0.15) is 75.3 Å². The minimum Gasteiger partial charge on any atom is -0.519 e. The fourth-order valence-electron chi connectivity index (χ4n) is 6.44. The second kappa shape index (κ2) is 14.1. The monoisotopic (exact) mass is 578 g/mol. The van der Waals surface area contributed by atoms with Gasteiger partial charge >= 0.3 is 17.1 Å². The normalized spacial score (nSPS) is 27.9. The SMILES string of the molecule is C[Si]1(C2CCCCC2)OCCN=Cc2ccccc2O[Si](C)(C2CCCCC2)OCCN=Cc2ccccc2O1. The number of hydrogen-bond acceptors (Lipinski definition) is 6. The van der Waals surface area contributed by atoms with Crippen LogP contribution in [0.4, 0.5) is 0 Å². The zero-order valence-corrected chi connectivity index (χ0v) is 26.4. The standard InChI is InChI=1S/C32H46N2O4Si2/c1-39(29-15-5-3-6-16-29)35-23-21-33-26-28-14-10-12-20-32(28)38-40(2,30-17-7-4-8-18-30)36-24-22-34-25-27-13-9-11-19-31(27)37-39/h9-14,19-20,25-26,29-30H,3-8,15-18,21-24H2,1-2H3. The van der Waals surface area contributed by atoms with Gasteiger partial charge in [0.15, 0.2) is 0 Å². The molecular formula is C32H46N2O4Si2. The lowest BCUT2D eigenvalue weighted by Gasteiger charge is -2.37. The number of hydrogen-bond donors (Lipinski definition) is 0. The molecule has 2 fully saturated rings. The molecule has 8 heteroatoms. The molecule has 0 N–H and O–H groups in total. The number of aliphatic imine (C=N–C) groups is 2. The zero-order chi connectivity index (χ0) is 27.7. The highest BCUT2D eigenvalue weighted by molar-refractivity contribution is 6.68. The molecule has 216 valence electrons. The van der Waals surface area contributed by atoms with Crippen LogP contribution in [-0.4, -0.2) is 55.9 Å². The van der Waals surface area contributed by atoms with Crippen molar-refractivity contribution in [2.45, 2.75) is 88.4 Å². The molecule has 0 saturated heterocycles. The van der Waals surface area contributed by atoms with Crippen molar-refractivity contribution >= 4 is 29.6 Å². The molecule has 2 aliphatic carbocycles. The summed E-state index contributed by atoms with van der Waals surface area (Å²) in [7, 11) is -5.04. The van der Waals surface area contributed by atoms with E-state index in [-0.39, 0.29) is 0 Å². The second-order valence-electron chi connectivity index (χ2n) is 11.7. The summed E-state index contributed by atoms with van der Waals surface area (Å²) < 4.78 is 27.1. The van der Waals surface area contributed by atoms with Crippen molar-refractivity contribution in [3.63, 3.8) is 0 Å². The van der Waals surface area contributed by atoms with E-state index in [2.05, 4.69) is 37.4 Å². The molecule has 0 radical (unpaired) electrons. The lowest BCUT2D eigenvalue weighted by atomic mass is 10.0. The Hall–Kier alpha value is -2.27. The van der Waals surface area contributed by atoms with E-state index in [1.165, 1.54) is 64.2 Å². The Bertz CT molecular complexity index is 1060. The average Bonchev–Trinajstić information content (AvgIpc) is 2.99. The minimum absolute atomic E-state index is 0.478. The van der Waals surface area contributed by atoms with Crippen LogP contribution in [0.25, 0.3) is 0 Å². The summed E-state index contributed by atoms with van der Waals surface area (Å²) in [4.78, 5) is 9.56. The molecule has 2 atom stereocenters. The van der Waals surface area contributed by atoms with Crippen molar-refractivity contribution in [1.82, 2.24) is 0 Å². The Labute approximate surface area is 242 Å². The summed E-state index contributed by atoms with van der Waals surface area (Å²) in [5.41, 5.74) is 2.95. The highest BCUT2D eigenvalue weighted by atomic mass is 28.4. The van der Waals surface area contributed by atoms with Crippen LogP contribution in [0.3, 0.4) is 0 Å². The summed E-state index contributed by atoms with van der Waals surface area (Å²) in [6, 6.07) is 16.5. The number of fused-ring (bicyclic) bond motifs is 2. The van der Waals surface area contributed by atoms with Crippen LogP contribution >= 0.6 is 0 Å². The van der Waals surface area contributed by atoms with Gasteiger partial charge in [0.1, 0.15) is 11.5 Å². The molecular weight excluding hydrogens is 533 g/mol. The molecule has 0 aromatic heterocycles. The van der Waals surface area contributed by atoms with Crippen molar-refractivity contribution in [1.29, 1.82) is 0 Å². The van der Waals surface area contributed by atoms with E-state index in [0.717, 1.165) is 22.6 Å². The van der Waals surface area contributed by atoms with Crippen LogP contribution in [0, 0.1) is 0 Å². The zero-order valence-electron chi connectivity index (χ0n) is 24.4. The Kier molecular flexibility index (Phi) is 10.3. The van der Waals surface area contributed by atoms with Crippen LogP contribution in [0.5, 0.6) is 11.5 Å². The number of nitrogens with zero attached hydrogens (tertiary/aromatic N) is 2. The summed E-state index contributed by atoms with van der Waals surface area (Å²) >= 11 is 0. The van der Waals surface area contributed by atoms with Gasteiger partial charge in [-0.2, -0.15) is 0 Å². The fraction of sp³-hybridized carbons (Fsp3) is 0.562. The van der Waals surface area contributed by atoms with E-state index < -0.39 is 17.1 Å². The quantitative estimate of drug-likeness (QED) is 0.341. The third-order valence-corrected chi connectivity index (χ3v) is 15.8. The van der Waals surface area contributed by atoms with Crippen molar-refractivity contribution in [3.8, 4) is 11.5 Å². The lowest BCUT2D eigenvalue weighted by Crippen LogP contribution is -2.48. The van der Waals surface area contributed by atoms with Crippen molar-refractivity contribution in [2.24, 2.45) is 9.98 Å². The Morgan fingerprint density at radius 1 is 0.575 bits per heavy atom. The van der Waals surface area contributed by atoms with E-state index in [1.54, 1.807) is 0 Å². The smallest absolute Gasteiger partial charge is 0.398 e. The maximum absolute atomic E-state index is 6.87. The first kappa shape index (κ1) is 29.2. The van der Waals surface area contributed by atoms with Gasteiger partial charge in [-0.05, 0) is 63.0 Å². The lowest BCUT2D eigenvalue weighted by molar-refractivity contribution is 0.226. The predicted molar refractivity (Wildman–Crippen MR) is 168 cm³/mol. The highest BCUT2D eigenvalue weighted by Gasteiger charge is 2.45. The van der Waals surface area contributed by atoms with Crippen LogP contribution in [0.2, 0.25) is 24.2 Å². The Balaban J connectivity index is 1.42. The van der Waals surface area contributed by atoms with Gasteiger partial charge < -0.3 is 17.7 Å². The molecule has 2 aromatic carbocycles. The van der Waals surface area contributed by atoms with E-state index in [9.17, 15) is 0 Å². The van der Waals surface area contributed by atoms with Gasteiger partial charge in [-0.1, -0.05) is 62.8 Å². The van der Waals surface area contributed by atoms with Crippen molar-refractivity contribution in [3.05, 3.63) is 59.7 Å². The molecule has 6 nitrogen and oxygen atoms in total. The van der Waals surface area contributed by atoms with Crippen LogP contribution in [0.15, 0.2) is 58.5 Å². The number of para-hydroxylation sites is 2. The van der Waals surface area contributed by atoms with Gasteiger partial charge in [0, 0.05) is 34.6 Å². The molecule has 0 spiro atoms. The summed E-state index contributed by atoms with van der Waals surface area (Å²) in [6.07, 6.45) is 16.2. The molecule has 2 aromatic rings. The first-order chi connectivity index (χ1) is 19.6. The van der Waals surface area contributed by atoms with Crippen molar-refractivity contribution < 1.29 is 17.7 Å². The third-order valence-electron chi connectivity index (χ3n) is 8.84. The highest BCUT2D eigenvalue weighted by Crippen LogP contribution is 2.40. The first-order valence-electron chi connectivity index (χ1n) is 15.4. The molecule has 3 aliphatic rings. The minimum atomic E-state index is -2.52. The number of benzene rings is 2. The Morgan fingerprint density at radius 2 is 0.975 bits per heavy atom. The van der Waals surface area contributed by atoms with Gasteiger partial charge in [-0.3, -0.25) is 9.98 Å². The van der Waals surface area contributed by atoms with Gasteiger partial charge in [0.05, 0.1) is 26.3 Å². The first-order valence-corrected chi connectivity index (χ1v) is 20.2. The Morgan fingerprint density at radius 3 is 1.40 bits per heavy atom. The topological polar surface area (TPSA) is 61.6 Å². The molecule has 0 amide bonds.